The number of carboxylic acids is 1. The molecule has 1 amide bonds. The van der Waals surface area contributed by atoms with Crippen molar-refractivity contribution >= 4 is 11.9 Å². The lowest BCUT2D eigenvalue weighted by Gasteiger charge is -2.12. The number of hydrogen-bond donors (Lipinski definition) is 2. The zero-order chi connectivity index (χ0) is 11.4. The molecular weight excluding hydrogens is 194 g/mol. The van der Waals surface area contributed by atoms with Crippen molar-refractivity contribution in [2.75, 3.05) is 6.54 Å². The van der Waals surface area contributed by atoms with Crippen LogP contribution in [0.25, 0.3) is 0 Å². The van der Waals surface area contributed by atoms with Gasteiger partial charge in [-0.15, -0.1) is 0 Å². The summed E-state index contributed by atoms with van der Waals surface area (Å²) >= 11 is 0. The Morgan fingerprint density at radius 2 is 1.93 bits per heavy atom. The van der Waals surface area contributed by atoms with Gasteiger partial charge in [-0.2, -0.15) is 0 Å². The third-order valence-electron chi connectivity index (χ3n) is 3.16. The van der Waals surface area contributed by atoms with Crippen molar-refractivity contribution in [2.45, 2.75) is 33.1 Å². The smallest absolute Gasteiger partial charge is 0.307 e. The van der Waals surface area contributed by atoms with E-state index >= 15 is 0 Å². The molecule has 0 aromatic heterocycles. The SMILES string of the molecule is CCC(CC)CNC(=O)[C@@H]1C[C@@H]1C(=O)O. The van der Waals surface area contributed by atoms with Crippen molar-refractivity contribution in [1.82, 2.24) is 5.32 Å². The highest BCUT2D eigenvalue weighted by molar-refractivity contribution is 5.89. The highest BCUT2D eigenvalue weighted by Gasteiger charge is 2.48. The molecule has 4 heteroatoms. The maximum atomic E-state index is 11.5. The molecule has 0 radical (unpaired) electrons. The lowest BCUT2D eigenvalue weighted by atomic mass is 10.0. The molecule has 2 atom stereocenters. The first-order valence-corrected chi connectivity index (χ1v) is 5.60. The first-order chi connectivity index (χ1) is 7.10. The molecule has 0 heterocycles. The first kappa shape index (κ1) is 12.0. The van der Waals surface area contributed by atoms with Crippen LogP contribution in [0.1, 0.15) is 33.1 Å². The molecule has 0 spiro atoms. The van der Waals surface area contributed by atoms with Gasteiger partial charge in [-0.05, 0) is 12.3 Å². The van der Waals surface area contributed by atoms with E-state index < -0.39 is 11.9 Å². The van der Waals surface area contributed by atoms with E-state index in [2.05, 4.69) is 19.2 Å². The molecule has 1 aliphatic carbocycles. The van der Waals surface area contributed by atoms with Crippen molar-refractivity contribution < 1.29 is 14.7 Å². The molecule has 0 unspecified atom stereocenters. The maximum absolute atomic E-state index is 11.5. The van der Waals surface area contributed by atoms with Crippen LogP contribution in [0.15, 0.2) is 0 Å². The van der Waals surface area contributed by atoms with E-state index in [1.54, 1.807) is 0 Å². The average Bonchev–Trinajstić information content (AvgIpc) is 2.98. The van der Waals surface area contributed by atoms with Crippen LogP contribution in [0.3, 0.4) is 0 Å². The molecule has 1 saturated carbocycles. The number of rotatable bonds is 6. The summed E-state index contributed by atoms with van der Waals surface area (Å²) in [5.41, 5.74) is 0. The molecule has 1 fully saturated rings. The van der Waals surface area contributed by atoms with Crippen LogP contribution in [0.2, 0.25) is 0 Å². The third kappa shape index (κ3) is 3.22. The molecule has 0 aliphatic heterocycles. The maximum Gasteiger partial charge on any atom is 0.307 e. The van der Waals surface area contributed by atoms with Gasteiger partial charge in [-0.25, -0.2) is 0 Å². The number of carbonyl (C=O) groups excluding carboxylic acids is 1. The van der Waals surface area contributed by atoms with Crippen molar-refractivity contribution in [3.63, 3.8) is 0 Å². The number of hydrogen-bond acceptors (Lipinski definition) is 2. The Kier molecular flexibility index (Phi) is 4.12. The fraction of sp³-hybridized carbons (Fsp3) is 0.818. The van der Waals surface area contributed by atoms with E-state index in [0.717, 1.165) is 12.8 Å². The van der Waals surface area contributed by atoms with E-state index in [1.807, 2.05) is 0 Å². The largest absolute Gasteiger partial charge is 0.481 e. The molecule has 15 heavy (non-hydrogen) atoms. The van der Waals surface area contributed by atoms with Gasteiger partial charge in [0, 0.05) is 6.54 Å². The van der Waals surface area contributed by atoms with Gasteiger partial charge < -0.3 is 10.4 Å². The Labute approximate surface area is 90.0 Å². The van der Waals surface area contributed by atoms with Crippen LogP contribution in [0.4, 0.5) is 0 Å². The molecule has 0 aromatic carbocycles. The summed E-state index contributed by atoms with van der Waals surface area (Å²) in [4.78, 5) is 22.0. The zero-order valence-electron chi connectivity index (χ0n) is 9.32. The topological polar surface area (TPSA) is 66.4 Å². The van der Waals surface area contributed by atoms with Gasteiger partial charge in [0.25, 0.3) is 0 Å². The van der Waals surface area contributed by atoms with E-state index in [4.69, 9.17) is 5.11 Å². The van der Waals surface area contributed by atoms with E-state index in [1.165, 1.54) is 0 Å². The predicted molar refractivity (Wildman–Crippen MR) is 56.3 cm³/mol. The van der Waals surface area contributed by atoms with Crippen LogP contribution in [0, 0.1) is 17.8 Å². The summed E-state index contributed by atoms with van der Waals surface area (Å²) in [6, 6.07) is 0. The van der Waals surface area contributed by atoms with E-state index in [0.29, 0.717) is 18.9 Å². The first-order valence-electron chi connectivity index (χ1n) is 5.60. The zero-order valence-corrected chi connectivity index (χ0v) is 9.32. The fourth-order valence-corrected chi connectivity index (χ4v) is 1.71. The van der Waals surface area contributed by atoms with Gasteiger partial charge >= 0.3 is 5.97 Å². The normalized spacial score (nSPS) is 23.9. The number of carboxylic acid groups (broad SMARTS) is 1. The quantitative estimate of drug-likeness (QED) is 0.698. The Hall–Kier alpha value is -1.06. The number of aliphatic carboxylic acids is 1. The summed E-state index contributed by atoms with van der Waals surface area (Å²) in [7, 11) is 0. The van der Waals surface area contributed by atoms with Gasteiger partial charge in [-0.3, -0.25) is 9.59 Å². The summed E-state index contributed by atoms with van der Waals surface area (Å²) in [6.07, 6.45) is 2.59. The number of amides is 1. The Morgan fingerprint density at radius 1 is 1.33 bits per heavy atom. The Morgan fingerprint density at radius 3 is 2.33 bits per heavy atom. The second kappa shape index (κ2) is 5.14. The van der Waals surface area contributed by atoms with Crippen LogP contribution in [0.5, 0.6) is 0 Å². The van der Waals surface area contributed by atoms with Crippen molar-refractivity contribution in [1.29, 1.82) is 0 Å². The van der Waals surface area contributed by atoms with Crippen LogP contribution in [-0.4, -0.2) is 23.5 Å². The highest BCUT2D eigenvalue weighted by atomic mass is 16.4. The van der Waals surface area contributed by atoms with Crippen molar-refractivity contribution in [2.24, 2.45) is 17.8 Å². The lowest BCUT2D eigenvalue weighted by molar-refractivity contribution is -0.140. The summed E-state index contributed by atoms with van der Waals surface area (Å²) in [5, 5.41) is 11.5. The second-order valence-corrected chi connectivity index (χ2v) is 4.21. The summed E-state index contributed by atoms with van der Waals surface area (Å²) in [6.45, 7) is 4.86. The minimum Gasteiger partial charge on any atom is -0.481 e. The minimum absolute atomic E-state index is 0.0886. The van der Waals surface area contributed by atoms with Crippen molar-refractivity contribution in [3.05, 3.63) is 0 Å². The van der Waals surface area contributed by atoms with Gasteiger partial charge in [-0.1, -0.05) is 26.7 Å². The highest BCUT2D eigenvalue weighted by Crippen LogP contribution is 2.38. The van der Waals surface area contributed by atoms with Gasteiger partial charge in [0.05, 0.1) is 11.8 Å². The monoisotopic (exact) mass is 213 g/mol. The molecule has 86 valence electrons. The molecule has 1 aliphatic rings. The van der Waals surface area contributed by atoms with Crippen LogP contribution < -0.4 is 5.32 Å². The van der Waals surface area contributed by atoms with Gasteiger partial charge in [0.2, 0.25) is 5.91 Å². The standard InChI is InChI=1S/C11H19NO3/c1-3-7(4-2)6-12-10(13)8-5-9(8)11(14)15/h7-9H,3-6H2,1-2H3,(H,12,13)(H,14,15)/t8-,9+/m1/s1. The predicted octanol–water partition coefficient (Wildman–Crippen LogP) is 1.26. The molecule has 0 aromatic rings. The van der Waals surface area contributed by atoms with E-state index in [9.17, 15) is 9.59 Å². The molecule has 0 bridgehead atoms. The van der Waals surface area contributed by atoms with Gasteiger partial charge in [0.15, 0.2) is 0 Å². The van der Waals surface area contributed by atoms with E-state index in [-0.39, 0.29) is 11.8 Å². The molecular formula is C11H19NO3. The Bertz CT molecular complexity index is 248. The number of nitrogens with one attached hydrogen (secondary N) is 1. The summed E-state index contributed by atoms with van der Waals surface area (Å²) in [5.74, 6) is -1.15. The molecule has 0 saturated heterocycles. The molecule has 2 N–H and O–H groups in total. The Balaban J connectivity index is 2.23. The third-order valence-corrected chi connectivity index (χ3v) is 3.16. The van der Waals surface area contributed by atoms with Crippen LogP contribution in [-0.2, 0) is 9.59 Å². The van der Waals surface area contributed by atoms with Crippen LogP contribution >= 0.6 is 0 Å². The fourth-order valence-electron chi connectivity index (χ4n) is 1.71. The molecule has 1 rings (SSSR count). The lowest BCUT2D eigenvalue weighted by Crippen LogP contribution is -2.31. The van der Waals surface area contributed by atoms with Crippen molar-refractivity contribution in [3.8, 4) is 0 Å². The van der Waals surface area contributed by atoms with Gasteiger partial charge in [0.1, 0.15) is 0 Å². The second-order valence-electron chi connectivity index (χ2n) is 4.21. The summed E-state index contributed by atoms with van der Waals surface area (Å²) < 4.78 is 0. The molecule has 4 nitrogen and oxygen atoms in total. The minimum atomic E-state index is -0.849. The number of carbonyl (C=O) groups is 2. The average molecular weight is 213 g/mol.